The summed E-state index contributed by atoms with van der Waals surface area (Å²) >= 11 is 0. The first-order valence-corrected chi connectivity index (χ1v) is 7.31. The van der Waals surface area contributed by atoms with Crippen LogP contribution < -0.4 is 5.73 Å². The molecule has 0 radical (unpaired) electrons. The SMILES string of the molecule is Cl.NCCC1CCCCN1C(=O)CC1CCCC1. The van der Waals surface area contributed by atoms with Crippen LogP contribution in [0, 0.1) is 5.92 Å². The maximum absolute atomic E-state index is 12.3. The van der Waals surface area contributed by atoms with E-state index in [4.69, 9.17) is 5.73 Å². The summed E-state index contributed by atoms with van der Waals surface area (Å²) in [5, 5.41) is 0. The van der Waals surface area contributed by atoms with Gasteiger partial charge in [0.2, 0.25) is 5.91 Å². The number of nitrogens with zero attached hydrogens (tertiary/aromatic N) is 1. The van der Waals surface area contributed by atoms with Crippen molar-refractivity contribution in [3.8, 4) is 0 Å². The Bertz CT molecular complexity index is 252. The van der Waals surface area contributed by atoms with Gasteiger partial charge in [0, 0.05) is 19.0 Å². The van der Waals surface area contributed by atoms with Crippen molar-refractivity contribution in [1.82, 2.24) is 4.90 Å². The third-order valence-corrected chi connectivity index (χ3v) is 4.39. The predicted octanol–water partition coefficient (Wildman–Crippen LogP) is 2.72. The number of rotatable bonds is 4. The second-order valence-corrected chi connectivity index (χ2v) is 5.67. The molecule has 0 aromatic rings. The van der Waals surface area contributed by atoms with Crippen LogP contribution >= 0.6 is 12.4 Å². The van der Waals surface area contributed by atoms with Gasteiger partial charge >= 0.3 is 0 Å². The summed E-state index contributed by atoms with van der Waals surface area (Å²) < 4.78 is 0. The molecule has 3 nitrogen and oxygen atoms in total. The van der Waals surface area contributed by atoms with E-state index in [9.17, 15) is 4.79 Å². The minimum absolute atomic E-state index is 0. The minimum Gasteiger partial charge on any atom is -0.340 e. The van der Waals surface area contributed by atoms with Gasteiger partial charge in [0.25, 0.3) is 0 Å². The molecule has 4 heteroatoms. The first-order valence-electron chi connectivity index (χ1n) is 7.31. The van der Waals surface area contributed by atoms with Gasteiger partial charge in [-0.3, -0.25) is 4.79 Å². The molecule has 1 aliphatic carbocycles. The van der Waals surface area contributed by atoms with Crippen LogP contribution in [0.15, 0.2) is 0 Å². The summed E-state index contributed by atoms with van der Waals surface area (Å²) in [6, 6.07) is 0.433. The van der Waals surface area contributed by atoms with Crippen molar-refractivity contribution in [2.75, 3.05) is 13.1 Å². The second kappa shape index (κ2) is 8.00. The number of hydrogen-bond donors (Lipinski definition) is 1. The topological polar surface area (TPSA) is 46.3 Å². The number of likely N-dealkylation sites (tertiary alicyclic amines) is 1. The van der Waals surface area contributed by atoms with E-state index < -0.39 is 0 Å². The molecule has 1 atom stereocenters. The largest absolute Gasteiger partial charge is 0.340 e. The molecule has 0 aromatic heterocycles. The normalized spacial score (nSPS) is 24.9. The fourth-order valence-corrected chi connectivity index (χ4v) is 3.40. The molecule has 2 N–H and O–H groups in total. The Kier molecular flexibility index (Phi) is 7.02. The molecule has 2 rings (SSSR count). The van der Waals surface area contributed by atoms with E-state index in [-0.39, 0.29) is 12.4 Å². The van der Waals surface area contributed by atoms with Gasteiger partial charge in [-0.25, -0.2) is 0 Å². The number of nitrogens with two attached hydrogens (primary N) is 1. The van der Waals surface area contributed by atoms with Crippen LogP contribution in [-0.2, 0) is 4.79 Å². The lowest BCUT2D eigenvalue weighted by molar-refractivity contribution is -0.136. The first kappa shape index (κ1) is 15.8. The molecule has 1 saturated carbocycles. The van der Waals surface area contributed by atoms with E-state index >= 15 is 0 Å². The van der Waals surface area contributed by atoms with E-state index in [2.05, 4.69) is 4.90 Å². The Morgan fingerprint density at radius 2 is 1.78 bits per heavy atom. The van der Waals surface area contributed by atoms with Crippen LogP contribution in [0.4, 0.5) is 0 Å². The molecule has 18 heavy (non-hydrogen) atoms. The van der Waals surface area contributed by atoms with Gasteiger partial charge in [-0.05, 0) is 51.0 Å². The van der Waals surface area contributed by atoms with E-state index in [0.717, 1.165) is 25.8 Å². The average molecular weight is 275 g/mol. The number of carbonyl (C=O) groups is 1. The Balaban J connectivity index is 0.00000162. The van der Waals surface area contributed by atoms with Crippen LogP contribution in [0.3, 0.4) is 0 Å². The van der Waals surface area contributed by atoms with E-state index in [1.54, 1.807) is 0 Å². The van der Waals surface area contributed by atoms with Crippen molar-refractivity contribution in [2.24, 2.45) is 11.7 Å². The van der Waals surface area contributed by atoms with Crippen molar-refractivity contribution >= 4 is 18.3 Å². The Hall–Kier alpha value is -0.280. The maximum atomic E-state index is 12.3. The van der Waals surface area contributed by atoms with Gasteiger partial charge in [0.15, 0.2) is 0 Å². The van der Waals surface area contributed by atoms with Gasteiger partial charge in [-0.2, -0.15) is 0 Å². The summed E-state index contributed by atoms with van der Waals surface area (Å²) in [6.07, 6.45) is 10.6. The summed E-state index contributed by atoms with van der Waals surface area (Å²) in [4.78, 5) is 14.5. The van der Waals surface area contributed by atoms with Crippen molar-refractivity contribution in [2.45, 2.75) is 63.8 Å². The van der Waals surface area contributed by atoms with Crippen LogP contribution in [-0.4, -0.2) is 29.9 Å². The van der Waals surface area contributed by atoms with Crippen molar-refractivity contribution in [3.05, 3.63) is 0 Å². The Labute approximate surface area is 117 Å². The zero-order valence-electron chi connectivity index (χ0n) is 11.3. The quantitative estimate of drug-likeness (QED) is 0.857. The van der Waals surface area contributed by atoms with Crippen LogP contribution in [0.1, 0.15) is 57.8 Å². The Morgan fingerprint density at radius 3 is 2.44 bits per heavy atom. The summed E-state index contributed by atoms with van der Waals surface area (Å²) in [5.74, 6) is 1.07. The molecule has 0 bridgehead atoms. The molecule has 1 saturated heterocycles. The van der Waals surface area contributed by atoms with Crippen LogP contribution in [0.2, 0.25) is 0 Å². The highest BCUT2D eigenvalue weighted by Crippen LogP contribution is 2.29. The standard InChI is InChI=1S/C14H26N2O.ClH/c15-9-8-13-7-3-4-10-16(13)14(17)11-12-5-1-2-6-12;/h12-13H,1-11,15H2;1H. The van der Waals surface area contributed by atoms with Gasteiger partial charge < -0.3 is 10.6 Å². The van der Waals surface area contributed by atoms with Crippen molar-refractivity contribution in [3.63, 3.8) is 0 Å². The van der Waals surface area contributed by atoms with Gasteiger partial charge in [-0.1, -0.05) is 12.8 Å². The number of carbonyl (C=O) groups excluding carboxylic acids is 1. The third-order valence-electron chi connectivity index (χ3n) is 4.39. The number of hydrogen-bond acceptors (Lipinski definition) is 2. The molecule has 1 heterocycles. The number of amides is 1. The van der Waals surface area contributed by atoms with Gasteiger partial charge in [0.05, 0.1) is 0 Å². The number of piperidine rings is 1. The number of halogens is 1. The molecule has 2 fully saturated rings. The average Bonchev–Trinajstić information content (AvgIpc) is 2.83. The highest BCUT2D eigenvalue weighted by molar-refractivity contribution is 5.85. The lowest BCUT2D eigenvalue weighted by atomic mass is 9.96. The molecule has 1 unspecified atom stereocenters. The van der Waals surface area contributed by atoms with Crippen molar-refractivity contribution in [1.29, 1.82) is 0 Å². The van der Waals surface area contributed by atoms with Gasteiger partial charge in [0.1, 0.15) is 0 Å². The molecule has 1 aliphatic heterocycles. The molecule has 1 amide bonds. The summed E-state index contributed by atoms with van der Waals surface area (Å²) in [7, 11) is 0. The highest BCUT2D eigenvalue weighted by atomic mass is 35.5. The third kappa shape index (κ3) is 4.13. The molecule has 0 spiro atoms. The van der Waals surface area contributed by atoms with E-state index in [0.29, 0.717) is 24.4 Å². The monoisotopic (exact) mass is 274 g/mol. The lowest BCUT2D eigenvalue weighted by Crippen LogP contribution is -2.45. The minimum atomic E-state index is 0. The van der Waals surface area contributed by atoms with Crippen LogP contribution in [0.5, 0.6) is 0 Å². The molecular weight excluding hydrogens is 248 g/mol. The fourth-order valence-electron chi connectivity index (χ4n) is 3.40. The highest BCUT2D eigenvalue weighted by Gasteiger charge is 2.28. The molecular formula is C14H27ClN2O. The maximum Gasteiger partial charge on any atom is 0.223 e. The first-order chi connectivity index (χ1) is 8.31. The molecule has 106 valence electrons. The predicted molar refractivity (Wildman–Crippen MR) is 76.8 cm³/mol. The molecule has 2 aliphatic rings. The van der Waals surface area contributed by atoms with Gasteiger partial charge in [-0.15, -0.1) is 12.4 Å². The Morgan fingerprint density at radius 1 is 1.11 bits per heavy atom. The molecule has 0 aromatic carbocycles. The summed E-state index contributed by atoms with van der Waals surface area (Å²) in [5.41, 5.74) is 5.65. The van der Waals surface area contributed by atoms with E-state index in [1.165, 1.54) is 38.5 Å². The lowest BCUT2D eigenvalue weighted by Gasteiger charge is -2.36. The van der Waals surface area contributed by atoms with E-state index in [1.807, 2.05) is 0 Å². The summed E-state index contributed by atoms with van der Waals surface area (Å²) in [6.45, 7) is 1.67. The zero-order chi connectivity index (χ0) is 12.1. The second-order valence-electron chi connectivity index (χ2n) is 5.67. The zero-order valence-corrected chi connectivity index (χ0v) is 12.1. The van der Waals surface area contributed by atoms with Crippen LogP contribution in [0.25, 0.3) is 0 Å². The smallest absolute Gasteiger partial charge is 0.223 e. The fraction of sp³-hybridized carbons (Fsp3) is 0.929. The van der Waals surface area contributed by atoms with Crippen molar-refractivity contribution < 1.29 is 4.79 Å².